The van der Waals surface area contributed by atoms with Crippen LogP contribution < -0.4 is 0 Å². The molecule has 3 rings (SSSR count). The van der Waals surface area contributed by atoms with Crippen molar-refractivity contribution in [3.05, 3.63) is 0 Å². The first-order valence-corrected chi connectivity index (χ1v) is 18.6. The second-order valence-corrected chi connectivity index (χ2v) is 16.5. The van der Waals surface area contributed by atoms with Crippen molar-refractivity contribution < 1.29 is 68.6 Å². The van der Waals surface area contributed by atoms with E-state index in [1.807, 2.05) is 25.9 Å². The summed E-state index contributed by atoms with van der Waals surface area (Å²) in [6.07, 6.45) is -10.8. The first-order valence-electron chi connectivity index (χ1n) is 18.6. The molecule has 0 spiro atoms. The summed E-state index contributed by atoms with van der Waals surface area (Å²) in [7, 11) is 5.10. The Morgan fingerprint density at radius 1 is 0.923 bits per heavy atom. The highest BCUT2D eigenvalue weighted by atomic mass is 16.7. The zero-order valence-electron chi connectivity index (χ0n) is 33.1. The highest BCUT2D eigenvalue weighted by Gasteiger charge is 2.54. The summed E-state index contributed by atoms with van der Waals surface area (Å²) in [5.74, 6) is -5.88. The molecule has 3 aliphatic rings. The van der Waals surface area contributed by atoms with Crippen LogP contribution in [0.25, 0.3) is 0 Å². The second-order valence-electron chi connectivity index (χ2n) is 16.5. The third-order valence-corrected chi connectivity index (χ3v) is 11.9. The van der Waals surface area contributed by atoms with Crippen LogP contribution in [0.15, 0.2) is 0 Å². The van der Waals surface area contributed by atoms with Crippen LogP contribution in [0.2, 0.25) is 0 Å². The number of cyclic esters (lactones) is 1. The van der Waals surface area contributed by atoms with Gasteiger partial charge >= 0.3 is 5.97 Å². The molecule has 3 aliphatic heterocycles. The van der Waals surface area contributed by atoms with Gasteiger partial charge in [0.25, 0.3) is 0 Å². The monoisotopic (exact) mass is 749 g/mol. The van der Waals surface area contributed by atoms with E-state index >= 15 is 0 Å². The largest absolute Gasteiger partial charge is 0.459 e. The summed E-state index contributed by atoms with van der Waals surface area (Å²) >= 11 is 0. The van der Waals surface area contributed by atoms with Gasteiger partial charge in [0.2, 0.25) is 0 Å². The Morgan fingerprint density at radius 3 is 2.08 bits per heavy atom. The molecular weight excluding hydrogens is 682 g/mol. The van der Waals surface area contributed by atoms with Crippen molar-refractivity contribution in [3.63, 3.8) is 0 Å². The quantitative estimate of drug-likeness (QED) is 0.189. The molecule has 0 amide bonds. The molecule has 0 unspecified atom stereocenters. The topological polar surface area (TPSA) is 214 Å². The van der Waals surface area contributed by atoms with Crippen molar-refractivity contribution in [1.82, 2.24) is 4.90 Å². The maximum absolute atomic E-state index is 14.1. The molecule has 304 valence electrons. The lowest BCUT2D eigenvalue weighted by atomic mass is 9.74. The number of hydrogen-bond acceptors (Lipinski definition) is 15. The number of Topliss-reactive ketones (excluding diaryl/α,β-unsaturated/α-hetero) is 1. The number of methoxy groups -OCH3 is 1. The molecule has 0 bridgehead atoms. The van der Waals surface area contributed by atoms with Gasteiger partial charge in [-0.15, -0.1) is 0 Å². The van der Waals surface area contributed by atoms with Crippen LogP contribution in [-0.2, 0) is 38.0 Å². The first-order chi connectivity index (χ1) is 24.0. The lowest BCUT2D eigenvalue weighted by Gasteiger charge is -2.49. The fraction of sp³-hybridized carbons (Fsp3) is 0.946. The number of aliphatic hydroxyl groups excluding tert-OH is 4. The van der Waals surface area contributed by atoms with Gasteiger partial charge in [-0.25, -0.2) is 0 Å². The molecule has 0 radical (unpaired) electrons. The van der Waals surface area contributed by atoms with E-state index in [1.165, 1.54) is 27.9 Å². The SMILES string of the molecule is CC[C@H]1OC(=O)[C@H](CO)[C@@H](O[C@H]2C[C@@](C)(OC)[C@H](O)[C@H](C)O2)[C@H](C)[C@H](O[C@H]2O[C@@H](C)C[C@H](N(C)C)[C@@H]2O)[C@@](C)(O)C[C@H](C)C(=O)[C@H](C)[C@@H](O)[C@]1(C)O. The van der Waals surface area contributed by atoms with Gasteiger partial charge in [0.15, 0.2) is 12.6 Å². The summed E-state index contributed by atoms with van der Waals surface area (Å²) in [6, 6.07) is -0.364. The molecule has 0 aromatic carbocycles. The van der Waals surface area contributed by atoms with Gasteiger partial charge in [-0.1, -0.05) is 27.7 Å². The highest BCUT2D eigenvalue weighted by molar-refractivity contribution is 5.83. The van der Waals surface area contributed by atoms with Crippen molar-refractivity contribution in [1.29, 1.82) is 0 Å². The second kappa shape index (κ2) is 17.6. The molecule has 0 saturated carbocycles. The third-order valence-electron chi connectivity index (χ3n) is 11.9. The molecule has 18 atom stereocenters. The van der Waals surface area contributed by atoms with Crippen LogP contribution in [0, 0.1) is 23.7 Å². The van der Waals surface area contributed by atoms with Crippen LogP contribution in [0.5, 0.6) is 0 Å². The summed E-state index contributed by atoms with van der Waals surface area (Å²) in [5, 5.41) is 68.5. The van der Waals surface area contributed by atoms with Gasteiger partial charge in [-0.3, -0.25) is 9.59 Å². The zero-order valence-corrected chi connectivity index (χ0v) is 33.1. The normalized spacial score (nSPS) is 49.0. The number of carbonyl (C=O) groups is 2. The van der Waals surface area contributed by atoms with Crippen molar-refractivity contribution in [2.45, 2.75) is 172 Å². The average molecular weight is 750 g/mol. The maximum atomic E-state index is 14.1. The number of aliphatic hydroxyl groups is 6. The van der Waals surface area contributed by atoms with E-state index in [4.69, 9.17) is 28.4 Å². The maximum Gasteiger partial charge on any atom is 0.314 e. The smallest absolute Gasteiger partial charge is 0.314 e. The summed E-state index contributed by atoms with van der Waals surface area (Å²) in [6.45, 7) is 13.5. The van der Waals surface area contributed by atoms with Crippen LogP contribution in [-0.4, -0.2) is 159 Å². The van der Waals surface area contributed by atoms with Gasteiger partial charge < -0.3 is 64.0 Å². The number of carbonyl (C=O) groups excluding carboxylic acids is 2. The Hall–Kier alpha value is -1.34. The van der Waals surface area contributed by atoms with Gasteiger partial charge in [-0.05, 0) is 68.0 Å². The van der Waals surface area contributed by atoms with Crippen LogP contribution in [0.4, 0.5) is 0 Å². The van der Waals surface area contributed by atoms with E-state index in [0.29, 0.717) is 6.42 Å². The van der Waals surface area contributed by atoms with Crippen molar-refractivity contribution in [2.24, 2.45) is 23.7 Å². The van der Waals surface area contributed by atoms with Crippen molar-refractivity contribution in [2.75, 3.05) is 27.8 Å². The Balaban J connectivity index is 2.22. The van der Waals surface area contributed by atoms with Crippen molar-refractivity contribution >= 4 is 11.8 Å². The van der Waals surface area contributed by atoms with Gasteiger partial charge in [0, 0.05) is 37.3 Å². The number of ether oxygens (including phenoxy) is 6. The number of nitrogens with zero attached hydrogens (tertiary/aromatic N) is 1. The van der Waals surface area contributed by atoms with Crippen LogP contribution in [0.1, 0.15) is 88.0 Å². The minimum absolute atomic E-state index is 0.0156. The Bertz CT molecular complexity index is 1190. The molecule has 15 nitrogen and oxygen atoms in total. The zero-order chi connectivity index (χ0) is 39.7. The third kappa shape index (κ3) is 9.54. The lowest BCUT2D eigenvalue weighted by molar-refractivity contribution is -0.319. The van der Waals surface area contributed by atoms with E-state index in [1.54, 1.807) is 34.6 Å². The molecule has 6 N–H and O–H groups in total. The first kappa shape index (κ1) is 45.1. The summed E-state index contributed by atoms with van der Waals surface area (Å²) in [5.41, 5.74) is -5.07. The average Bonchev–Trinajstić information content (AvgIpc) is 3.07. The highest BCUT2D eigenvalue weighted by Crippen LogP contribution is 2.40. The fourth-order valence-electron chi connectivity index (χ4n) is 8.46. The molecular formula is C37H67NO14. The van der Waals surface area contributed by atoms with E-state index in [2.05, 4.69) is 0 Å². The molecule has 3 fully saturated rings. The Morgan fingerprint density at radius 2 is 1.54 bits per heavy atom. The fourth-order valence-corrected chi connectivity index (χ4v) is 8.46. The summed E-state index contributed by atoms with van der Waals surface area (Å²) < 4.78 is 36.8. The number of rotatable bonds is 8. The Kier molecular flexibility index (Phi) is 15.3. The Labute approximate surface area is 308 Å². The molecule has 15 heteroatoms. The van der Waals surface area contributed by atoms with Crippen LogP contribution >= 0.6 is 0 Å². The summed E-state index contributed by atoms with van der Waals surface area (Å²) in [4.78, 5) is 29.8. The van der Waals surface area contributed by atoms with Crippen molar-refractivity contribution in [3.8, 4) is 0 Å². The van der Waals surface area contributed by atoms with E-state index in [9.17, 15) is 40.2 Å². The number of esters is 1. The molecule has 3 saturated heterocycles. The standard InChI is InChI=1S/C37H67NO14/c1-13-25-37(9,46)30(42)20(4)27(40)18(2)15-35(7,45)32(52-34-28(41)24(38(10)11)14-19(3)48-34)21(5)29(23(17-39)33(44)50-25)51-26-16-36(8,47-12)31(43)22(6)49-26/h18-26,28-32,34,39,41-43,45-46H,13-17H2,1-12H3/t18-,19-,20-,21-,22-,23+,24-,25+,26-,28-,29-,30+,31+,32-,34+,35-,36+,37+/m0/s1. The molecule has 0 aromatic heterocycles. The van der Waals surface area contributed by atoms with E-state index < -0.39 is 114 Å². The van der Waals surface area contributed by atoms with E-state index in [0.717, 1.165) is 0 Å². The molecule has 0 aromatic rings. The molecule has 52 heavy (non-hydrogen) atoms. The van der Waals surface area contributed by atoms with E-state index in [-0.39, 0.29) is 31.4 Å². The number of hydrogen-bond donors (Lipinski definition) is 6. The molecule has 0 aliphatic carbocycles. The number of ketones is 1. The predicted octanol–water partition coefficient (Wildman–Crippen LogP) is 0.758. The van der Waals surface area contributed by atoms with Crippen LogP contribution in [0.3, 0.4) is 0 Å². The van der Waals surface area contributed by atoms with Gasteiger partial charge in [0.1, 0.15) is 35.6 Å². The number of likely N-dealkylation sites (N-methyl/N-ethyl adjacent to an activating group) is 1. The lowest BCUT2D eigenvalue weighted by Crippen LogP contribution is -2.61. The predicted molar refractivity (Wildman–Crippen MR) is 188 cm³/mol. The minimum Gasteiger partial charge on any atom is -0.459 e. The molecule has 3 heterocycles. The van der Waals surface area contributed by atoms with Gasteiger partial charge in [-0.2, -0.15) is 0 Å². The minimum atomic E-state index is -2.08. The van der Waals surface area contributed by atoms with Gasteiger partial charge in [0.05, 0.1) is 48.3 Å².